The van der Waals surface area contributed by atoms with Crippen molar-refractivity contribution in [3.8, 4) is 0 Å². The quantitative estimate of drug-likeness (QED) is 0.264. The lowest BCUT2D eigenvalue weighted by Gasteiger charge is -2.36. The molecule has 0 spiro atoms. The number of hydrogen-bond donors (Lipinski definition) is 2. The van der Waals surface area contributed by atoms with E-state index in [1.165, 1.54) is 0 Å². The molecule has 0 amide bonds. The number of aromatic nitrogens is 1. The molecular formula is C23H42IN5O2. The van der Waals surface area contributed by atoms with Crippen LogP contribution in [0.5, 0.6) is 0 Å². The largest absolute Gasteiger partial charge is 0.378 e. The summed E-state index contributed by atoms with van der Waals surface area (Å²) in [5.41, 5.74) is 1.10. The van der Waals surface area contributed by atoms with Gasteiger partial charge in [0, 0.05) is 39.0 Å². The fraction of sp³-hybridized carbons (Fsp3) is 0.739. The molecule has 2 heterocycles. The van der Waals surface area contributed by atoms with Crippen LogP contribution in [0.2, 0.25) is 0 Å². The number of aliphatic imine (C=N–C) groups is 1. The zero-order valence-corrected chi connectivity index (χ0v) is 22.4. The van der Waals surface area contributed by atoms with E-state index in [0.29, 0.717) is 12.5 Å². The van der Waals surface area contributed by atoms with Gasteiger partial charge in [-0.1, -0.05) is 19.9 Å². The molecule has 1 aliphatic heterocycles. The smallest absolute Gasteiger partial charge is 0.191 e. The molecule has 1 saturated heterocycles. The molecule has 2 N–H and O–H groups in total. The predicted octanol–water partition coefficient (Wildman–Crippen LogP) is 3.82. The zero-order chi connectivity index (χ0) is 21.9. The maximum atomic E-state index is 5.83. The predicted molar refractivity (Wildman–Crippen MR) is 140 cm³/mol. The first-order valence-corrected chi connectivity index (χ1v) is 11.4. The van der Waals surface area contributed by atoms with Crippen molar-refractivity contribution >= 4 is 35.8 Å². The fourth-order valence-corrected chi connectivity index (χ4v) is 3.73. The molecule has 1 aromatic rings. The summed E-state index contributed by atoms with van der Waals surface area (Å²) in [6.07, 6.45) is 3.62. The Balaban J connectivity index is 0.00000480. The minimum atomic E-state index is 0. The monoisotopic (exact) mass is 547 g/mol. The molecule has 2 rings (SSSR count). The highest BCUT2D eigenvalue weighted by molar-refractivity contribution is 14.0. The maximum absolute atomic E-state index is 5.83. The Kier molecular flexibility index (Phi) is 13.4. The van der Waals surface area contributed by atoms with Crippen LogP contribution in [0.25, 0.3) is 0 Å². The van der Waals surface area contributed by atoms with Crippen molar-refractivity contribution in [2.45, 2.75) is 72.8 Å². The highest BCUT2D eigenvalue weighted by Gasteiger charge is 2.23. The summed E-state index contributed by atoms with van der Waals surface area (Å²) in [5, 5.41) is 6.74. The molecule has 1 fully saturated rings. The number of pyridine rings is 1. The number of nitrogens with zero attached hydrogens (tertiary/aromatic N) is 3. The third-order valence-corrected chi connectivity index (χ3v) is 5.16. The van der Waals surface area contributed by atoms with Crippen molar-refractivity contribution in [1.29, 1.82) is 0 Å². The summed E-state index contributed by atoms with van der Waals surface area (Å²) in [7, 11) is 0. The van der Waals surface area contributed by atoms with Crippen LogP contribution in [0.3, 0.4) is 0 Å². The van der Waals surface area contributed by atoms with Gasteiger partial charge in [0.25, 0.3) is 0 Å². The summed E-state index contributed by atoms with van der Waals surface area (Å²) in [6.45, 7) is 17.5. The Labute approximate surface area is 205 Å². The third-order valence-electron chi connectivity index (χ3n) is 5.16. The lowest BCUT2D eigenvalue weighted by atomic mass is 10.0. The molecule has 1 aromatic heterocycles. The van der Waals surface area contributed by atoms with Crippen LogP contribution in [0.1, 0.15) is 53.5 Å². The topological polar surface area (TPSA) is 71.0 Å². The van der Waals surface area contributed by atoms with Crippen LogP contribution < -0.4 is 15.5 Å². The Bertz CT molecular complexity index is 631. The number of nitrogens with one attached hydrogen (secondary N) is 2. The fourth-order valence-electron chi connectivity index (χ4n) is 3.73. The molecule has 0 saturated carbocycles. The summed E-state index contributed by atoms with van der Waals surface area (Å²) >= 11 is 0. The molecule has 3 unspecified atom stereocenters. The normalized spacial score (nSPS) is 20.4. The Morgan fingerprint density at radius 2 is 1.94 bits per heavy atom. The summed E-state index contributed by atoms with van der Waals surface area (Å²) in [5.74, 6) is 2.34. The Hall–Kier alpha value is -1.13. The van der Waals surface area contributed by atoms with Crippen molar-refractivity contribution in [3.05, 3.63) is 23.9 Å². The maximum Gasteiger partial charge on any atom is 0.191 e. The van der Waals surface area contributed by atoms with Gasteiger partial charge in [-0.25, -0.2) is 9.98 Å². The summed E-state index contributed by atoms with van der Waals surface area (Å²) in [4.78, 5) is 11.7. The van der Waals surface area contributed by atoms with E-state index in [9.17, 15) is 0 Å². The molecule has 7 nitrogen and oxygen atoms in total. The van der Waals surface area contributed by atoms with Crippen molar-refractivity contribution in [3.63, 3.8) is 0 Å². The number of morpholine rings is 1. The summed E-state index contributed by atoms with van der Waals surface area (Å²) < 4.78 is 11.6. The van der Waals surface area contributed by atoms with E-state index >= 15 is 0 Å². The van der Waals surface area contributed by atoms with Crippen LogP contribution in [0.15, 0.2) is 23.3 Å². The molecule has 31 heavy (non-hydrogen) atoms. The standard InChI is InChI=1S/C23H41N5O2.HI/c1-7-24-23(25-12-11-21(17(3)4)29-8-2)27-14-20-9-10-22(26-13-20)28-15-18(5)30-19(6)16-28;/h9-10,13,17-19,21H,7-8,11-12,14-16H2,1-6H3,(H2,24,25,27);1H. The second-order valence-corrected chi connectivity index (χ2v) is 8.34. The highest BCUT2D eigenvalue weighted by Crippen LogP contribution is 2.18. The van der Waals surface area contributed by atoms with Gasteiger partial charge < -0.3 is 25.0 Å². The van der Waals surface area contributed by atoms with E-state index in [2.05, 4.69) is 67.3 Å². The van der Waals surface area contributed by atoms with Crippen molar-refractivity contribution < 1.29 is 9.47 Å². The zero-order valence-electron chi connectivity index (χ0n) is 20.1. The van der Waals surface area contributed by atoms with Crippen LogP contribution in [-0.2, 0) is 16.0 Å². The first-order chi connectivity index (χ1) is 14.4. The molecule has 8 heteroatoms. The molecule has 1 aliphatic rings. The Morgan fingerprint density at radius 3 is 2.48 bits per heavy atom. The first kappa shape index (κ1) is 27.9. The highest BCUT2D eigenvalue weighted by atomic mass is 127. The molecular weight excluding hydrogens is 505 g/mol. The first-order valence-electron chi connectivity index (χ1n) is 11.4. The van der Waals surface area contributed by atoms with Crippen LogP contribution >= 0.6 is 24.0 Å². The van der Waals surface area contributed by atoms with Gasteiger partial charge in [-0.3, -0.25) is 0 Å². The van der Waals surface area contributed by atoms with Gasteiger partial charge >= 0.3 is 0 Å². The van der Waals surface area contributed by atoms with Crippen LogP contribution in [0, 0.1) is 5.92 Å². The van der Waals surface area contributed by atoms with Crippen LogP contribution in [0.4, 0.5) is 5.82 Å². The lowest BCUT2D eigenvalue weighted by Crippen LogP contribution is -2.45. The second-order valence-electron chi connectivity index (χ2n) is 8.34. The van der Waals surface area contributed by atoms with E-state index in [-0.39, 0.29) is 42.3 Å². The number of guanidine groups is 1. The number of rotatable bonds is 10. The van der Waals surface area contributed by atoms with Gasteiger partial charge in [-0.2, -0.15) is 0 Å². The van der Waals surface area contributed by atoms with Gasteiger partial charge in [0.1, 0.15) is 5.82 Å². The SMILES string of the molecule is CCNC(=NCc1ccc(N2CC(C)OC(C)C2)nc1)NCCC(OCC)C(C)C.I. The average molecular weight is 548 g/mol. The molecule has 3 atom stereocenters. The van der Waals surface area contributed by atoms with Crippen molar-refractivity contribution in [1.82, 2.24) is 15.6 Å². The summed E-state index contributed by atoms with van der Waals surface area (Å²) in [6, 6.07) is 4.20. The van der Waals surface area contributed by atoms with E-state index in [1.54, 1.807) is 0 Å². The molecule has 0 bridgehead atoms. The van der Waals surface area contributed by atoms with Gasteiger partial charge in [-0.15, -0.1) is 24.0 Å². The average Bonchev–Trinajstić information content (AvgIpc) is 2.71. The molecule has 0 aromatic carbocycles. The Morgan fingerprint density at radius 1 is 1.23 bits per heavy atom. The van der Waals surface area contributed by atoms with E-state index < -0.39 is 0 Å². The van der Waals surface area contributed by atoms with E-state index in [4.69, 9.17) is 14.5 Å². The van der Waals surface area contributed by atoms with Gasteiger partial charge in [0.05, 0.1) is 24.9 Å². The van der Waals surface area contributed by atoms with E-state index in [0.717, 1.165) is 56.5 Å². The van der Waals surface area contributed by atoms with Crippen LogP contribution in [-0.4, -0.2) is 62.0 Å². The van der Waals surface area contributed by atoms with Crippen molar-refractivity contribution in [2.75, 3.05) is 37.7 Å². The molecule has 0 aliphatic carbocycles. The number of ether oxygens (including phenoxy) is 2. The molecule has 0 radical (unpaired) electrons. The van der Waals surface area contributed by atoms with Gasteiger partial charge in [0.15, 0.2) is 5.96 Å². The van der Waals surface area contributed by atoms with Gasteiger partial charge in [-0.05, 0) is 51.7 Å². The number of halogens is 1. The second kappa shape index (κ2) is 14.8. The number of hydrogen-bond acceptors (Lipinski definition) is 5. The van der Waals surface area contributed by atoms with E-state index in [1.807, 2.05) is 13.1 Å². The third kappa shape index (κ3) is 9.91. The van der Waals surface area contributed by atoms with Gasteiger partial charge in [0.2, 0.25) is 0 Å². The minimum absolute atomic E-state index is 0. The molecule has 178 valence electrons. The lowest BCUT2D eigenvalue weighted by molar-refractivity contribution is -0.00546. The number of anilines is 1. The van der Waals surface area contributed by atoms with Crippen molar-refractivity contribution in [2.24, 2.45) is 10.9 Å². The minimum Gasteiger partial charge on any atom is -0.378 e.